The van der Waals surface area contributed by atoms with Crippen LogP contribution in [0.25, 0.3) is 0 Å². The van der Waals surface area contributed by atoms with Crippen molar-refractivity contribution in [2.75, 3.05) is 6.54 Å². The Kier molecular flexibility index (Phi) is 8.91. The second kappa shape index (κ2) is 11.4. The van der Waals surface area contributed by atoms with Gasteiger partial charge in [0.25, 0.3) is 0 Å². The van der Waals surface area contributed by atoms with Crippen molar-refractivity contribution in [3.05, 3.63) is 71.8 Å². The van der Waals surface area contributed by atoms with Crippen LogP contribution in [0.15, 0.2) is 59.9 Å². The lowest BCUT2D eigenvalue weighted by Crippen LogP contribution is -2.37. The number of aliphatic imine (C=N–C) groups is 1. The van der Waals surface area contributed by atoms with Gasteiger partial charge in [-0.25, -0.2) is 9.98 Å². The third kappa shape index (κ3) is 6.74. The van der Waals surface area contributed by atoms with Gasteiger partial charge in [0.1, 0.15) is 23.7 Å². The summed E-state index contributed by atoms with van der Waals surface area (Å²) < 4.78 is 7.82. The molecule has 0 amide bonds. The van der Waals surface area contributed by atoms with Crippen molar-refractivity contribution in [2.45, 2.75) is 26.9 Å². The third-order valence-corrected chi connectivity index (χ3v) is 4.16. The molecule has 3 aromatic rings. The van der Waals surface area contributed by atoms with E-state index in [1.54, 1.807) is 11.0 Å². The van der Waals surface area contributed by atoms with Crippen LogP contribution in [0.3, 0.4) is 0 Å². The van der Waals surface area contributed by atoms with Crippen LogP contribution < -0.4 is 15.4 Å². The van der Waals surface area contributed by atoms with Gasteiger partial charge in [-0.2, -0.15) is 5.10 Å². The highest BCUT2D eigenvalue weighted by Crippen LogP contribution is 2.27. The number of ether oxygens (including phenoxy) is 1. The molecule has 0 aliphatic heterocycles. The van der Waals surface area contributed by atoms with Crippen LogP contribution in [0.4, 0.5) is 0 Å². The molecular formula is C21H27IN6O. The molecule has 0 aliphatic carbocycles. The van der Waals surface area contributed by atoms with E-state index in [0.717, 1.165) is 41.0 Å². The van der Waals surface area contributed by atoms with E-state index in [1.165, 1.54) is 0 Å². The number of para-hydroxylation sites is 1. The smallest absolute Gasteiger partial charge is 0.191 e. The van der Waals surface area contributed by atoms with Crippen molar-refractivity contribution in [3.8, 4) is 11.5 Å². The maximum absolute atomic E-state index is 6.09. The molecular weight excluding hydrogens is 479 g/mol. The summed E-state index contributed by atoms with van der Waals surface area (Å²) in [4.78, 5) is 8.93. The fourth-order valence-electron chi connectivity index (χ4n) is 2.65. The van der Waals surface area contributed by atoms with Crippen LogP contribution >= 0.6 is 24.0 Å². The maximum atomic E-state index is 6.09. The lowest BCUT2D eigenvalue weighted by molar-refractivity contribution is 0.476. The van der Waals surface area contributed by atoms with E-state index in [-0.39, 0.29) is 24.0 Å². The third-order valence-electron chi connectivity index (χ3n) is 4.16. The molecule has 0 saturated carbocycles. The topological polar surface area (TPSA) is 76.4 Å². The number of nitrogens with one attached hydrogen (secondary N) is 2. The molecule has 154 valence electrons. The average molecular weight is 506 g/mol. The summed E-state index contributed by atoms with van der Waals surface area (Å²) >= 11 is 0. The first-order chi connectivity index (χ1) is 13.7. The monoisotopic (exact) mass is 506 g/mol. The number of nitrogens with zero attached hydrogens (tertiary/aromatic N) is 4. The minimum Gasteiger partial charge on any atom is -0.457 e. The van der Waals surface area contributed by atoms with Gasteiger partial charge in [-0.3, -0.25) is 4.68 Å². The van der Waals surface area contributed by atoms with Gasteiger partial charge in [0.15, 0.2) is 5.96 Å². The Morgan fingerprint density at radius 1 is 1.14 bits per heavy atom. The zero-order valence-corrected chi connectivity index (χ0v) is 19.3. The molecule has 0 unspecified atom stereocenters. The van der Waals surface area contributed by atoms with Crippen molar-refractivity contribution in [2.24, 2.45) is 12.0 Å². The van der Waals surface area contributed by atoms with Crippen LogP contribution in [-0.2, 0) is 20.1 Å². The Morgan fingerprint density at radius 2 is 1.93 bits per heavy atom. The second-order valence-electron chi connectivity index (χ2n) is 6.37. The summed E-state index contributed by atoms with van der Waals surface area (Å²) in [5.74, 6) is 3.19. The van der Waals surface area contributed by atoms with Crippen molar-refractivity contribution >= 4 is 29.9 Å². The summed E-state index contributed by atoms with van der Waals surface area (Å²) in [5.41, 5.74) is 2.16. The molecule has 1 aromatic heterocycles. The fraction of sp³-hybridized carbons (Fsp3) is 0.286. The van der Waals surface area contributed by atoms with Gasteiger partial charge in [-0.05, 0) is 37.6 Å². The summed E-state index contributed by atoms with van der Waals surface area (Å²) in [6.07, 6.45) is 1.54. The average Bonchev–Trinajstić information content (AvgIpc) is 3.11. The highest BCUT2D eigenvalue weighted by molar-refractivity contribution is 14.0. The summed E-state index contributed by atoms with van der Waals surface area (Å²) in [7, 11) is 1.87. The maximum Gasteiger partial charge on any atom is 0.191 e. The number of halogens is 1. The molecule has 0 radical (unpaired) electrons. The van der Waals surface area contributed by atoms with E-state index in [9.17, 15) is 0 Å². The van der Waals surface area contributed by atoms with E-state index < -0.39 is 0 Å². The van der Waals surface area contributed by atoms with Crippen LogP contribution in [0.2, 0.25) is 0 Å². The molecule has 3 rings (SSSR count). The second-order valence-corrected chi connectivity index (χ2v) is 6.37. The van der Waals surface area contributed by atoms with E-state index in [4.69, 9.17) is 9.73 Å². The van der Waals surface area contributed by atoms with Crippen molar-refractivity contribution < 1.29 is 4.74 Å². The normalized spacial score (nSPS) is 10.9. The zero-order valence-electron chi connectivity index (χ0n) is 16.9. The van der Waals surface area contributed by atoms with Gasteiger partial charge in [0.05, 0.1) is 13.1 Å². The minimum atomic E-state index is 0. The number of aromatic nitrogens is 3. The summed E-state index contributed by atoms with van der Waals surface area (Å²) in [5, 5.41) is 10.6. The molecule has 0 spiro atoms. The van der Waals surface area contributed by atoms with Gasteiger partial charge in [-0.15, -0.1) is 24.0 Å². The molecule has 2 N–H and O–H groups in total. The molecule has 8 heteroatoms. The number of hydrogen-bond donors (Lipinski definition) is 2. The molecule has 0 fully saturated rings. The minimum absolute atomic E-state index is 0. The molecule has 0 bridgehead atoms. The summed E-state index contributed by atoms with van der Waals surface area (Å²) in [6, 6.07) is 16.0. The number of benzene rings is 2. The van der Waals surface area contributed by atoms with Gasteiger partial charge >= 0.3 is 0 Å². The Balaban J connectivity index is 0.00000300. The van der Waals surface area contributed by atoms with Crippen molar-refractivity contribution in [1.82, 2.24) is 25.4 Å². The molecule has 0 atom stereocenters. The molecule has 0 aliphatic rings. The molecule has 0 saturated heterocycles. The zero-order chi connectivity index (χ0) is 19.8. The predicted molar refractivity (Wildman–Crippen MR) is 126 cm³/mol. The Morgan fingerprint density at radius 3 is 2.62 bits per heavy atom. The van der Waals surface area contributed by atoms with Gasteiger partial charge in [-0.1, -0.05) is 30.3 Å². The first-order valence-electron chi connectivity index (χ1n) is 9.33. The van der Waals surface area contributed by atoms with Crippen LogP contribution in [0.5, 0.6) is 11.5 Å². The Labute approximate surface area is 188 Å². The highest BCUT2D eigenvalue weighted by Gasteiger charge is 2.07. The standard InChI is InChI=1S/C21H26N6O.HI/c1-4-22-21(24-14-20-25-15-26-27(20)3)23-13-17-11-10-16(2)12-19(17)28-18-8-6-5-7-9-18;/h5-12,15H,4,13-14H2,1-3H3,(H2,22,23,24);1H. The molecule has 29 heavy (non-hydrogen) atoms. The molecule has 1 heterocycles. The van der Waals surface area contributed by atoms with E-state index >= 15 is 0 Å². The van der Waals surface area contributed by atoms with Crippen LogP contribution in [-0.4, -0.2) is 27.3 Å². The first-order valence-corrected chi connectivity index (χ1v) is 9.33. The van der Waals surface area contributed by atoms with Crippen LogP contribution in [0, 0.1) is 6.92 Å². The Bertz CT molecular complexity index is 926. The van der Waals surface area contributed by atoms with E-state index in [1.807, 2.05) is 50.4 Å². The van der Waals surface area contributed by atoms with Gasteiger partial charge in [0.2, 0.25) is 0 Å². The lowest BCUT2D eigenvalue weighted by atomic mass is 10.1. The van der Waals surface area contributed by atoms with Gasteiger partial charge in [0, 0.05) is 19.2 Å². The number of aryl methyl sites for hydroxylation is 2. The Hall–Kier alpha value is -2.62. The van der Waals surface area contributed by atoms with E-state index in [0.29, 0.717) is 13.1 Å². The van der Waals surface area contributed by atoms with E-state index in [2.05, 4.69) is 39.8 Å². The van der Waals surface area contributed by atoms with Crippen molar-refractivity contribution in [1.29, 1.82) is 0 Å². The summed E-state index contributed by atoms with van der Waals surface area (Å²) in [6.45, 7) is 5.90. The quantitative estimate of drug-likeness (QED) is 0.290. The highest BCUT2D eigenvalue weighted by atomic mass is 127. The van der Waals surface area contributed by atoms with Crippen molar-refractivity contribution in [3.63, 3.8) is 0 Å². The number of hydrogen-bond acceptors (Lipinski definition) is 4. The molecule has 7 nitrogen and oxygen atoms in total. The number of guanidine groups is 1. The largest absolute Gasteiger partial charge is 0.457 e. The lowest BCUT2D eigenvalue weighted by Gasteiger charge is -2.13. The van der Waals surface area contributed by atoms with Crippen LogP contribution in [0.1, 0.15) is 23.9 Å². The number of rotatable bonds is 7. The van der Waals surface area contributed by atoms with Gasteiger partial charge < -0.3 is 15.4 Å². The predicted octanol–water partition coefficient (Wildman–Crippen LogP) is 3.79. The fourth-order valence-corrected chi connectivity index (χ4v) is 2.65. The molecule has 2 aromatic carbocycles. The SMILES string of the molecule is CCNC(=NCc1ccc(C)cc1Oc1ccccc1)NCc1ncnn1C.I. The first kappa shape index (κ1) is 22.7.